The number of hydrogen-bond donors (Lipinski definition) is 1. The van der Waals surface area contributed by atoms with E-state index >= 15 is 0 Å². The van der Waals surface area contributed by atoms with Crippen molar-refractivity contribution in [2.24, 2.45) is 0 Å². The number of imidazole rings is 2. The summed E-state index contributed by atoms with van der Waals surface area (Å²) in [6, 6.07) is 18.0. The van der Waals surface area contributed by atoms with Gasteiger partial charge in [0.1, 0.15) is 11.4 Å². The number of rotatable bonds is 2. The standard InChI is InChI=1S/C19H12BrN5/c20-13-7-8-14-15(11-13)23-18(22-14)17-16(12-5-2-1-3-6-12)24-19-21-9-4-10-25(17)19/h1-11H,(H,22,23). The Balaban J connectivity index is 1.84. The van der Waals surface area contributed by atoms with E-state index in [1.807, 2.05) is 65.2 Å². The van der Waals surface area contributed by atoms with E-state index in [0.29, 0.717) is 5.78 Å². The molecular formula is C19H12BrN5. The molecule has 0 spiro atoms. The molecule has 3 heterocycles. The van der Waals surface area contributed by atoms with Gasteiger partial charge in [-0.3, -0.25) is 4.40 Å². The monoisotopic (exact) mass is 389 g/mol. The zero-order chi connectivity index (χ0) is 16.8. The summed E-state index contributed by atoms with van der Waals surface area (Å²) in [7, 11) is 0. The molecule has 0 saturated heterocycles. The van der Waals surface area contributed by atoms with Crippen molar-refractivity contribution in [3.05, 3.63) is 71.5 Å². The molecule has 5 aromatic rings. The van der Waals surface area contributed by atoms with Gasteiger partial charge in [0, 0.05) is 22.4 Å². The lowest BCUT2D eigenvalue weighted by atomic mass is 10.1. The van der Waals surface area contributed by atoms with Crippen LogP contribution in [0.5, 0.6) is 0 Å². The van der Waals surface area contributed by atoms with E-state index < -0.39 is 0 Å². The number of nitrogens with zero attached hydrogens (tertiary/aromatic N) is 4. The first kappa shape index (κ1) is 14.4. The molecular weight excluding hydrogens is 378 g/mol. The Morgan fingerprint density at radius 3 is 2.72 bits per heavy atom. The fourth-order valence-electron chi connectivity index (χ4n) is 3.00. The van der Waals surface area contributed by atoms with Crippen molar-refractivity contribution in [3.63, 3.8) is 0 Å². The van der Waals surface area contributed by atoms with Crippen LogP contribution >= 0.6 is 15.9 Å². The SMILES string of the molecule is Brc1ccc2nc(-c3c(-c4ccccc4)nc4ncccn34)[nH]c2c1. The lowest BCUT2D eigenvalue weighted by Gasteiger charge is -2.02. The van der Waals surface area contributed by atoms with Crippen LogP contribution in [0.2, 0.25) is 0 Å². The number of halogens is 1. The molecule has 0 radical (unpaired) electrons. The Kier molecular flexibility index (Phi) is 3.18. The van der Waals surface area contributed by atoms with Crippen LogP contribution in [-0.2, 0) is 0 Å². The lowest BCUT2D eigenvalue weighted by molar-refractivity contribution is 1.10. The Labute approximate surface area is 151 Å². The van der Waals surface area contributed by atoms with Gasteiger partial charge in [-0.2, -0.15) is 0 Å². The van der Waals surface area contributed by atoms with Gasteiger partial charge in [-0.25, -0.2) is 15.0 Å². The van der Waals surface area contributed by atoms with Gasteiger partial charge < -0.3 is 4.98 Å². The highest BCUT2D eigenvalue weighted by atomic mass is 79.9. The normalized spacial score (nSPS) is 11.4. The highest BCUT2D eigenvalue weighted by Crippen LogP contribution is 2.32. The number of benzene rings is 2. The topological polar surface area (TPSA) is 58.9 Å². The Hall–Kier alpha value is -2.99. The van der Waals surface area contributed by atoms with Crippen molar-refractivity contribution in [1.29, 1.82) is 0 Å². The first-order valence-electron chi connectivity index (χ1n) is 7.84. The van der Waals surface area contributed by atoms with Crippen LogP contribution in [0.3, 0.4) is 0 Å². The lowest BCUT2D eigenvalue weighted by Crippen LogP contribution is -1.92. The number of aromatic amines is 1. The molecule has 0 fully saturated rings. The number of H-pyrrole nitrogens is 1. The summed E-state index contributed by atoms with van der Waals surface area (Å²) in [4.78, 5) is 17.3. The number of aromatic nitrogens is 5. The molecule has 6 heteroatoms. The molecule has 0 saturated carbocycles. The molecule has 1 N–H and O–H groups in total. The molecule has 0 aliphatic carbocycles. The molecule has 5 rings (SSSR count). The second-order valence-corrected chi connectivity index (χ2v) is 6.63. The van der Waals surface area contributed by atoms with Gasteiger partial charge in [0.25, 0.3) is 0 Å². The maximum absolute atomic E-state index is 4.77. The van der Waals surface area contributed by atoms with Gasteiger partial charge in [-0.05, 0) is 24.3 Å². The number of nitrogens with one attached hydrogen (secondary N) is 1. The Morgan fingerprint density at radius 2 is 1.84 bits per heavy atom. The smallest absolute Gasteiger partial charge is 0.234 e. The third-order valence-corrected chi connectivity index (χ3v) is 4.61. The molecule has 0 unspecified atom stereocenters. The van der Waals surface area contributed by atoms with Crippen molar-refractivity contribution in [2.45, 2.75) is 0 Å². The molecule has 0 atom stereocenters. The Bertz CT molecular complexity index is 1210. The summed E-state index contributed by atoms with van der Waals surface area (Å²) in [6.07, 6.45) is 3.71. The highest BCUT2D eigenvalue weighted by Gasteiger charge is 2.19. The van der Waals surface area contributed by atoms with Crippen LogP contribution in [0.1, 0.15) is 0 Å². The molecule has 0 amide bonds. The van der Waals surface area contributed by atoms with Crippen molar-refractivity contribution in [1.82, 2.24) is 24.3 Å². The summed E-state index contributed by atoms with van der Waals surface area (Å²) < 4.78 is 2.98. The quantitative estimate of drug-likeness (QED) is 0.475. The average molecular weight is 390 g/mol. The highest BCUT2D eigenvalue weighted by molar-refractivity contribution is 9.10. The summed E-state index contributed by atoms with van der Waals surface area (Å²) in [5, 5.41) is 0. The molecule has 2 aromatic carbocycles. The first-order chi connectivity index (χ1) is 12.3. The van der Waals surface area contributed by atoms with E-state index in [1.54, 1.807) is 6.20 Å². The summed E-state index contributed by atoms with van der Waals surface area (Å²) >= 11 is 3.51. The van der Waals surface area contributed by atoms with E-state index in [-0.39, 0.29) is 0 Å². The molecule has 0 aliphatic rings. The maximum atomic E-state index is 4.77. The van der Waals surface area contributed by atoms with E-state index in [2.05, 4.69) is 25.9 Å². The van der Waals surface area contributed by atoms with Gasteiger partial charge in [-0.15, -0.1) is 0 Å². The van der Waals surface area contributed by atoms with E-state index in [9.17, 15) is 0 Å². The molecule has 0 aliphatic heterocycles. The van der Waals surface area contributed by atoms with Crippen LogP contribution in [0.4, 0.5) is 0 Å². The third kappa shape index (κ3) is 2.34. The van der Waals surface area contributed by atoms with Crippen molar-refractivity contribution in [3.8, 4) is 22.8 Å². The predicted octanol–water partition coefficient (Wildman–Crippen LogP) is 4.70. The largest absolute Gasteiger partial charge is 0.337 e. The fraction of sp³-hybridized carbons (Fsp3) is 0. The second-order valence-electron chi connectivity index (χ2n) is 5.71. The fourth-order valence-corrected chi connectivity index (χ4v) is 3.37. The van der Waals surface area contributed by atoms with Gasteiger partial charge in [0.2, 0.25) is 5.78 Å². The zero-order valence-corrected chi connectivity index (χ0v) is 14.6. The summed E-state index contributed by atoms with van der Waals surface area (Å²) in [5.74, 6) is 1.42. The molecule has 120 valence electrons. The van der Waals surface area contributed by atoms with Gasteiger partial charge in [0.05, 0.1) is 11.0 Å². The summed E-state index contributed by atoms with van der Waals surface area (Å²) in [5.41, 5.74) is 4.68. The summed E-state index contributed by atoms with van der Waals surface area (Å²) in [6.45, 7) is 0. The van der Waals surface area contributed by atoms with Crippen LogP contribution in [-0.4, -0.2) is 24.3 Å². The molecule has 3 aromatic heterocycles. The van der Waals surface area contributed by atoms with Gasteiger partial charge >= 0.3 is 0 Å². The number of fused-ring (bicyclic) bond motifs is 2. The van der Waals surface area contributed by atoms with Crippen LogP contribution in [0.15, 0.2) is 71.5 Å². The first-order valence-corrected chi connectivity index (χ1v) is 8.63. The van der Waals surface area contributed by atoms with Crippen LogP contribution in [0.25, 0.3) is 39.6 Å². The van der Waals surface area contributed by atoms with Crippen molar-refractivity contribution >= 4 is 32.7 Å². The third-order valence-electron chi connectivity index (χ3n) is 4.12. The van der Waals surface area contributed by atoms with Crippen LogP contribution < -0.4 is 0 Å². The number of hydrogen-bond acceptors (Lipinski definition) is 3. The second kappa shape index (κ2) is 5.53. The van der Waals surface area contributed by atoms with Gasteiger partial charge in [0.15, 0.2) is 5.82 Å². The minimum atomic E-state index is 0.651. The van der Waals surface area contributed by atoms with E-state index in [4.69, 9.17) is 9.97 Å². The predicted molar refractivity (Wildman–Crippen MR) is 101 cm³/mol. The Morgan fingerprint density at radius 1 is 0.960 bits per heavy atom. The molecule has 25 heavy (non-hydrogen) atoms. The minimum absolute atomic E-state index is 0.651. The maximum Gasteiger partial charge on any atom is 0.234 e. The van der Waals surface area contributed by atoms with Crippen molar-refractivity contribution in [2.75, 3.05) is 0 Å². The molecule has 5 nitrogen and oxygen atoms in total. The van der Waals surface area contributed by atoms with E-state index in [1.165, 1.54) is 0 Å². The van der Waals surface area contributed by atoms with Crippen molar-refractivity contribution < 1.29 is 0 Å². The minimum Gasteiger partial charge on any atom is -0.337 e. The van der Waals surface area contributed by atoms with E-state index in [0.717, 1.165) is 38.3 Å². The van der Waals surface area contributed by atoms with Gasteiger partial charge in [-0.1, -0.05) is 46.3 Å². The average Bonchev–Trinajstić information content (AvgIpc) is 3.22. The zero-order valence-electron chi connectivity index (χ0n) is 13.0. The van der Waals surface area contributed by atoms with Crippen LogP contribution in [0, 0.1) is 0 Å². The molecule has 0 bridgehead atoms.